The van der Waals surface area contributed by atoms with Crippen molar-refractivity contribution < 1.29 is 19.0 Å². The third-order valence-corrected chi connectivity index (χ3v) is 5.39. The van der Waals surface area contributed by atoms with Gasteiger partial charge < -0.3 is 14.2 Å². The molecule has 0 aromatic carbocycles. The second-order valence-electron chi connectivity index (χ2n) is 7.30. The first-order valence-corrected chi connectivity index (χ1v) is 7.86. The molecule has 0 aromatic rings. The van der Waals surface area contributed by atoms with Gasteiger partial charge in [0.2, 0.25) is 0 Å². The average molecular weight is 294 g/mol. The molecule has 0 bridgehead atoms. The number of methoxy groups -OCH3 is 1. The summed E-state index contributed by atoms with van der Waals surface area (Å²) in [7, 11) is 1.63. The predicted octanol–water partition coefficient (Wildman–Crippen LogP) is 2.51. The van der Waals surface area contributed by atoms with Crippen molar-refractivity contribution in [2.75, 3.05) is 13.7 Å². The molecule has 0 aromatic heterocycles. The summed E-state index contributed by atoms with van der Waals surface area (Å²) in [5, 5.41) is 0. The minimum absolute atomic E-state index is 0.00674. The maximum absolute atomic E-state index is 12.5. The smallest absolute Gasteiger partial charge is 0.164 e. The molecule has 1 spiro atoms. The van der Waals surface area contributed by atoms with Gasteiger partial charge in [-0.2, -0.15) is 0 Å². The fourth-order valence-corrected chi connectivity index (χ4v) is 4.10. The fraction of sp³-hybridized carbons (Fsp3) is 0.824. The zero-order valence-electron chi connectivity index (χ0n) is 13.6. The van der Waals surface area contributed by atoms with E-state index in [9.17, 15) is 4.79 Å². The van der Waals surface area contributed by atoms with Crippen LogP contribution in [0.5, 0.6) is 0 Å². The number of rotatable bonds is 4. The molecule has 1 saturated carbocycles. The van der Waals surface area contributed by atoms with Crippen LogP contribution in [-0.4, -0.2) is 42.9 Å². The fourth-order valence-electron chi connectivity index (χ4n) is 4.10. The summed E-state index contributed by atoms with van der Waals surface area (Å²) >= 11 is 0. The molecular formula is C17H26O4. The van der Waals surface area contributed by atoms with E-state index in [1.165, 1.54) is 5.57 Å². The number of allylic oxidation sites excluding steroid dienone is 1. The van der Waals surface area contributed by atoms with Crippen molar-refractivity contribution in [3.05, 3.63) is 11.6 Å². The number of carbonyl (C=O) groups excluding carboxylic acids is 1. The molecule has 1 unspecified atom stereocenters. The van der Waals surface area contributed by atoms with Crippen LogP contribution in [0, 0.1) is 11.8 Å². The molecule has 4 nitrogen and oxygen atoms in total. The lowest BCUT2D eigenvalue weighted by atomic mass is 9.66. The minimum Gasteiger partial charge on any atom is -0.373 e. The highest BCUT2D eigenvalue weighted by molar-refractivity contribution is 5.87. The largest absolute Gasteiger partial charge is 0.373 e. The van der Waals surface area contributed by atoms with E-state index in [1.807, 2.05) is 6.92 Å². The topological polar surface area (TPSA) is 51.4 Å². The summed E-state index contributed by atoms with van der Waals surface area (Å²) in [5.41, 5.74) is 0.781. The van der Waals surface area contributed by atoms with Gasteiger partial charge in [0.25, 0.3) is 0 Å². The van der Waals surface area contributed by atoms with Crippen molar-refractivity contribution in [3.63, 3.8) is 0 Å². The minimum atomic E-state index is -0.405. The number of epoxide rings is 2. The number of hydrogen-bond donors (Lipinski definition) is 0. The van der Waals surface area contributed by atoms with Gasteiger partial charge >= 0.3 is 0 Å². The van der Waals surface area contributed by atoms with E-state index in [4.69, 9.17) is 14.2 Å². The number of Topliss-reactive ketones (excluding diaryl/α,β-unsaturated/α-hetero) is 1. The Labute approximate surface area is 126 Å². The molecule has 1 aliphatic carbocycles. The molecule has 118 valence electrons. The lowest BCUT2D eigenvalue weighted by Gasteiger charge is -2.40. The first kappa shape index (κ1) is 15.2. The molecule has 3 rings (SSSR count). The summed E-state index contributed by atoms with van der Waals surface area (Å²) in [6, 6.07) is 0. The molecule has 0 radical (unpaired) electrons. The molecule has 3 fully saturated rings. The zero-order chi connectivity index (χ0) is 15.4. The van der Waals surface area contributed by atoms with Crippen LogP contribution in [0.3, 0.4) is 0 Å². The molecule has 0 amide bonds. The Kier molecular flexibility index (Phi) is 3.55. The van der Waals surface area contributed by atoms with Crippen LogP contribution in [-0.2, 0) is 19.0 Å². The van der Waals surface area contributed by atoms with Crippen LogP contribution in [0.25, 0.3) is 0 Å². The highest BCUT2D eigenvalue weighted by Gasteiger charge is 2.72. The Morgan fingerprint density at radius 2 is 2.14 bits per heavy atom. The van der Waals surface area contributed by atoms with Gasteiger partial charge in [-0.05, 0) is 33.6 Å². The van der Waals surface area contributed by atoms with Gasteiger partial charge in [-0.1, -0.05) is 18.6 Å². The predicted molar refractivity (Wildman–Crippen MR) is 79.1 cm³/mol. The molecule has 21 heavy (non-hydrogen) atoms. The molecule has 0 N–H and O–H groups in total. The molecule has 2 saturated heterocycles. The Balaban J connectivity index is 1.82. The van der Waals surface area contributed by atoms with Crippen LogP contribution in [0.15, 0.2) is 11.6 Å². The molecule has 6 atom stereocenters. The maximum atomic E-state index is 12.5. The van der Waals surface area contributed by atoms with E-state index in [0.717, 1.165) is 19.4 Å². The first-order valence-electron chi connectivity index (χ1n) is 7.86. The summed E-state index contributed by atoms with van der Waals surface area (Å²) in [6.07, 6.45) is 3.65. The second-order valence-corrected chi connectivity index (χ2v) is 7.30. The van der Waals surface area contributed by atoms with Crippen molar-refractivity contribution >= 4 is 5.78 Å². The van der Waals surface area contributed by atoms with Crippen LogP contribution < -0.4 is 0 Å². The van der Waals surface area contributed by atoms with Gasteiger partial charge in [0.15, 0.2) is 5.78 Å². The average Bonchev–Trinajstić information content (AvgIpc) is 3.31. The molecule has 2 aliphatic heterocycles. The lowest BCUT2D eigenvalue weighted by molar-refractivity contribution is -0.148. The Hall–Kier alpha value is -0.710. The van der Waals surface area contributed by atoms with Crippen molar-refractivity contribution in [3.8, 4) is 0 Å². The third kappa shape index (κ3) is 2.37. The number of ether oxygens (including phenoxy) is 3. The van der Waals surface area contributed by atoms with E-state index < -0.39 is 6.10 Å². The van der Waals surface area contributed by atoms with Gasteiger partial charge in [-0.25, -0.2) is 0 Å². The molecule has 4 heteroatoms. The summed E-state index contributed by atoms with van der Waals surface area (Å²) in [4.78, 5) is 12.5. The SMILES string of the molecule is CO[C@@H]1C(=O)C(C)C[C@]2(CO2)[C@H]1[C@@]1(C)O[C@@H]1CC=C(C)C. The van der Waals surface area contributed by atoms with E-state index in [2.05, 4.69) is 26.8 Å². The van der Waals surface area contributed by atoms with Gasteiger partial charge in [-0.15, -0.1) is 0 Å². The van der Waals surface area contributed by atoms with Crippen LogP contribution >= 0.6 is 0 Å². The van der Waals surface area contributed by atoms with E-state index in [0.29, 0.717) is 0 Å². The molecule has 3 aliphatic rings. The number of carbonyl (C=O) groups is 1. The molecular weight excluding hydrogens is 268 g/mol. The third-order valence-electron chi connectivity index (χ3n) is 5.39. The van der Waals surface area contributed by atoms with Crippen LogP contribution in [0.1, 0.15) is 40.5 Å². The monoisotopic (exact) mass is 294 g/mol. The van der Waals surface area contributed by atoms with Crippen LogP contribution in [0.2, 0.25) is 0 Å². The van der Waals surface area contributed by atoms with Gasteiger partial charge in [0, 0.05) is 13.0 Å². The normalized spacial score (nSPS) is 48.3. The summed E-state index contributed by atoms with van der Waals surface area (Å²) in [6.45, 7) is 9.00. The van der Waals surface area contributed by atoms with E-state index in [-0.39, 0.29) is 34.9 Å². The van der Waals surface area contributed by atoms with Crippen LogP contribution in [0.4, 0.5) is 0 Å². The first-order chi connectivity index (χ1) is 9.84. The highest BCUT2D eigenvalue weighted by atomic mass is 16.6. The van der Waals surface area contributed by atoms with E-state index >= 15 is 0 Å². The Morgan fingerprint density at radius 3 is 2.67 bits per heavy atom. The molecule has 2 heterocycles. The van der Waals surface area contributed by atoms with Crippen molar-refractivity contribution in [1.29, 1.82) is 0 Å². The number of hydrogen-bond acceptors (Lipinski definition) is 4. The van der Waals surface area contributed by atoms with E-state index in [1.54, 1.807) is 7.11 Å². The van der Waals surface area contributed by atoms with Crippen molar-refractivity contribution in [2.24, 2.45) is 11.8 Å². The number of ketones is 1. The highest BCUT2D eigenvalue weighted by Crippen LogP contribution is 2.59. The van der Waals surface area contributed by atoms with Crippen molar-refractivity contribution in [2.45, 2.75) is 63.9 Å². The second kappa shape index (κ2) is 4.90. The summed E-state index contributed by atoms with van der Waals surface area (Å²) < 4.78 is 17.4. The quantitative estimate of drug-likeness (QED) is 0.590. The zero-order valence-corrected chi connectivity index (χ0v) is 13.6. The summed E-state index contributed by atoms with van der Waals surface area (Å²) in [5.74, 6) is 0.211. The lowest BCUT2D eigenvalue weighted by Crippen LogP contribution is -2.55. The van der Waals surface area contributed by atoms with Gasteiger partial charge in [-0.3, -0.25) is 4.79 Å². The Morgan fingerprint density at radius 1 is 1.48 bits per heavy atom. The standard InChI is InChI=1S/C17H26O4/c1-10(2)6-7-12-16(4,21-12)15-14(19-5)13(18)11(3)8-17(15)9-20-17/h6,11-12,14-15H,7-9H2,1-5H3/t11?,12-,14-,15-,16+,17+/m1/s1. The van der Waals surface area contributed by atoms with Gasteiger partial charge in [0.05, 0.1) is 18.6 Å². The van der Waals surface area contributed by atoms with Gasteiger partial charge in [0.1, 0.15) is 17.3 Å². The van der Waals surface area contributed by atoms with Crippen molar-refractivity contribution in [1.82, 2.24) is 0 Å². The maximum Gasteiger partial charge on any atom is 0.164 e. The Bertz CT molecular complexity index is 475.